The molecule has 4 nitrogen and oxygen atoms in total. The summed E-state index contributed by atoms with van der Waals surface area (Å²) in [6.45, 7) is 2.92. The molecule has 2 aromatic carbocycles. The zero-order valence-electron chi connectivity index (χ0n) is 13.0. The topological polar surface area (TPSA) is 49.4 Å². The highest BCUT2D eigenvalue weighted by molar-refractivity contribution is 6.21. The van der Waals surface area contributed by atoms with Gasteiger partial charge >= 0.3 is 0 Å². The van der Waals surface area contributed by atoms with Gasteiger partial charge in [-0.05, 0) is 49.1 Å². The Bertz CT molecular complexity index is 778. The lowest BCUT2D eigenvalue weighted by atomic mass is 10.0. The number of rotatable bonds is 3. The van der Waals surface area contributed by atoms with Crippen molar-refractivity contribution in [1.29, 1.82) is 0 Å². The van der Waals surface area contributed by atoms with E-state index in [2.05, 4.69) is 23.5 Å². The van der Waals surface area contributed by atoms with Crippen LogP contribution in [0.5, 0.6) is 0 Å². The number of hydrogen-bond acceptors (Lipinski definition) is 3. The predicted octanol–water partition coefficient (Wildman–Crippen LogP) is 2.88. The van der Waals surface area contributed by atoms with Gasteiger partial charge in [-0.25, -0.2) is 0 Å². The van der Waals surface area contributed by atoms with Crippen molar-refractivity contribution >= 4 is 17.5 Å². The smallest absolute Gasteiger partial charge is 0.261 e. The second-order valence-corrected chi connectivity index (χ2v) is 6.25. The lowest BCUT2D eigenvalue weighted by molar-refractivity contribution is 0.0597. The first-order valence-electron chi connectivity index (χ1n) is 7.98. The monoisotopic (exact) mass is 306 g/mol. The van der Waals surface area contributed by atoms with E-state index in [0.29, 0.717) is 17.5 Å². The van der Waals surface area contributed by atoms with Crippen molar-refractivity contribution in [2.75, 3.05) is 11.9 Å². The molecular formula is C19H18N2O2. The number of fused-ring (bicyclic) bond motifs is 2. The van der Waals surface area contributed by atoms with Crippen molar-refractivity contribution in [3.8, 4) is 0 Å². The largest absolute Gasteiger partial charge is 0.384 e. The Morgan fingerprint density at radius 2 is 1.78 bits per heavy atom. The molecule has 116 valence electrons. The minimum atomic E-state index is -0.180. The zero-order chi connectivity index (χ0) is 16.0. The van der Waals surface area contributed by atoms with Crippen LogP contribution in [0.25, 0.3) is 0 Å². The molecule has 4 rings (SSSR count). The second-order valence-electron chi connectivity index (χ2n) is 6.25. The molecular weight excluding hydrogens is 288 g/mol. The maximum absolute atomic E-state index is 12.5. The SMILES string of the molecule is C[C@H](Cc1ccc2c(c1)CCN2)N1C(=O)c2ccccc2C1=O. The lowest BCUT2D eigenvalue weighted by Gasteiger charge is -2.22. The van der Waals surface area contributed by atoms with Gasteiger partial charge in [0.15, 0.2) is 0 Å². The van der Waals surface area contributed by atoms with Crippen molar-refractivity contribution in [1.82, 2.24) is 4.90 Å². The highest BCUT2D eigenvalue weighted by atomic mass is 16.2. The van der Waals surface area contributed by atoms with E-state index in [1.165, 1.54) is 16.2 Å². The van der Waals surface area contributed by atoms with E-state index < -0.39 is 0 Å². The molecule has 0 spiro atoms. The molecule has 0 radical (unpaired) electrons. The predicted molar refractivity (Wildman–Crippen MR) is 88.7 cm³/mol. The van der Waals surface area contributed by atoms with Gasteiger partial charge in [0.2, 0.25) is 0 Å². The average Bonchev–Trinajstić information content (AvgIpc) is 3.11. The summed E-state index contributed by atoms with van der Waals surface area (Å²) in [5, 5.41) is 3.34. The number of benzene rings is 2. The molecule has 2 aliphatic heterocycles. The van der Waals surface area contributed by atoms with Gasteiger partial charge in [0.05, 0.1) is 11.1 Å². The molecule has 2 aliphatic rings. The molecule has 2 heterocycles. The molecule has 4 heteroatoms. The third-order valence-electron chi connectivity index (χ3n) is 4.68. The molecule has 0 aliphatic carbocycles. The maximum atomic E-state index is 12.5. The highest BCUT2D eigenvalue weighted by Gasteiger charge is 2.38. The third kappa shape index (κ3) is 2.22. The average molecular weight is 306 g/mol. The standard InChI is InChI=1S/C19H18N2O2/c1-12(10-13-6-7-17-14(11-13)8-9-20-17)21-18(22)15-4-2-3-5-16(15)19(21)23/h2-7,11-12,20H,8-10H2,1H3/t12-/m1/s1. The van der Waals surface area contributed by atoms with Gasteiger partial charge in [0.1, 0.15) is 0 Å². The second kappa shape index (κ2) is 5.23. The summed E-state index contributed by atoms with van der Waals surface area (Å²) in [6, 6.07) is 13.2. The molecule has 0 fully saturated rings. The van der Waals surface area contributed by atoms with E-state index in [1.807, 2.05) is 6.92 Å². The molecule has 0 bridgehead atoms. The fourth-order valence-electron chi connectivity index (χ4n) is 3.53. The molecule has 0 unspecified atom stereocenters. The molecule has 0 saturated heterocycles. The Morgan fingerprint density at radius 3 is 2.48 bits per heavy atom. The van der Waals surface area contributed by atoms with Gasteiger partial charge in [0.25, 0.3) is 11.8 Å². The normalized spacial score (nSPS) is 17.0. The Morgan fingerprint density at radius 1 is 1.09 bits per heavy atom. The van der Waals surface area contributed by atoms with Crippen LogP contribution >= 0.6 is 0 Å². The number of carbonyl (C=O) groups excluding carboxylic acids is 2. The molecule has 0 saturated carbocycles. The fraction of sp³-hybridized carbons (Fsp3) is 0.263. The summed E-state index contributed by atoms with van der Waals surface area (Å²) in [6.07, 6.45) is 1.71. The van der Waals surface area contributed by atoms with Crippen LogP contribution in [0.3, 0.4) is 0 Å². The van der Waals surface area contributed by atoms with E-state index in [4.69, 9.17) is 0 Å². The minimum Gasteiger partial charge on any atom is -0.384 e. The first-order valence-corrected chi connectivity index (χ1v) is 7.98. The minimum absolute atomic E-state index is 0.158. The van der Waals surface area contributed by atoms with Gasteiger partial charge in [0, 0.05) is 18.3 Å². The molecule has 0 aromatic heterocycles. The first-order chi connectivity index (χ1) is 11.1. The van der Waals surface area contributed by atoms with Crippen LogP contribution in [0, 0.1) is 0 Å². The number of nitrogens with one attached hydrogen (secondary N) is 1. The number of nitrogens with zero attached hydrogens (tertiary/aromatic N) is 1. The molecule has 2 amide bonds. The number of amides is 2. The third-order valence-corrected chi connectivity index (χ3v) is 4.68. The first kappa shape index (κ1) is 14.0. The van der Waals surface area contributed by atoms with E-state index in [0.717, 1.165) is 18.5 Å². The Hall–Kier alpha value is -2.62. The Kier molecular flexibility index (Phi) is 3.18. The zero-order valence-corrected chi connectivity index (χ0v) is 13.0. The van der Waals surface area contributed by atoms with Crippen LogP contribution in [0.2, 0.25) is 0 Å². The summed E-state index contributed by atoms with van der Waals surface area (Å²) in [5.74, 6) is -0.359. The molecule has 1 N–H and O–H groups in total. The summed E-state index contributed by atoms with van der Waals surface area (Å²) in [5.41, 5.74) is 4.71. The van der Waals surface area contributed by atoms with E-state index in [1.54, 1.807) is 24.3 Å². The summed E-state index contributed by atoms with van der Waals surface area (Å²) in [7, 11) is 0. The number of anilines is 1. The van der Waals surface area contributed by atoms with Crippen LogP contribution in [-0.4, -0.2) is 29.3 Å². The highest BCUT2D eigenvalue weighted by Crippen LogP contribution is 2.27. The molecule has 1 atom stereocenters. The van der Waals surface area contributed by atoms with Crippen LogP contribution in [-0.2, 0) is 12.8 Å². The van der Waals surface area contributed by atoms with E-state index in [9.17, 15) is 9.59 Å². The van der Waals surface area contributed by atoms with Crippen LogP contribution in [0.4, 0.5) is 5.69 Å². The van der Waals surface area contributed by atoms with Crippen molar-refractivity contribution < 1.29 is 9.59 Å². The maximum Gasteiger partial charge on any atom is 0.261 e. The van der Waals surface area contributed by atoms with Crippen molar-refractivity contribution in [3.05, 3.63) is 64.7 Å². The van der Waals surface area contributed by atoms with Crippen LogP contribution in [0.1, 0.15) is 38.8 Å². The van der Waals surface area contributed by atoms with Gasteiger partial charge in [-0.15, -0.1) is 0 Å². The number of carbonyl (C=O) groups is 2. The van der Waals surface area contributed by atoms with E-state index >= 15 is 0 Å². The van der Waals surface area contributed by atoms with Gasteiger partial charge in [-0.1, -0.05) is 24.3 Å². The van der Waals surface area contributed by atoms with Gasteiger partial charge < -0.3 is 5.32 Å². The van der Waals surface area contributed by atoms with Crippen molar-refractivity contribution in [3.63, 3.8) is 0 Å². The lowest BCUT2D eigenvalue weighted by Crippen LogP contribution is -2.39. The quantitative estimate of drug-likeness (QED) is 0.887. The number of hydrogen-bond donors (Lipinski definition) is 1. The number of imide groups is 1. The molecule has 2 aromatic rings. The van der Waals surface area contributed by atoms with Crippen LogP contribution in [0.15, 0.2) is 42.5 Å². The fourth-order valence-corrected chi connectivity index (χ4v) is 3.53. The van der Waals surface area contributed by atoms with Crippen LogP contribution < -0.4 is 5.32 Å². The van der Waals surface area contributed by atoms with E-state index in [-0.39, 0.29) is 17.9 Å². The Labute approximate surface area is 135 Å². The van der Waals surface area contributed by atoms with Gasteiger partial charge in [-0.3, -0.25) is 14.5 Å². The molecule has 23 heavy (non-hydrogen) atoms. The van der Waals surface area contributed by atoms with Crippen molar-refractivity contribution in [2.45, 2.75) is 25.8 Å². The van der Waals surface area contributed by atoms with Gasteiger partial charge in [-0.2, -0.15) is 0 Å². The Balaban J connectivity index is 1.57. The summed E-state index contributed by atoms with van der Waals surface area (Å²) < 4.78 is 0. The summed E-state index contributed by atoms with van der Waals surface area (Å²) in [4.78, 5) is 26.4. The van der Waals surface area contributed by atoms with Crippen molar-refractivity contribution in [2.24, 2.45) is 0 Å². The summed E-state index contributed by atoms with van der Waals surface area (Å²) >= 11 is 0.